The van der Waals surface area contributed by atoms with Gasteiger partial charge < -0.3 is 14.2 Å². The largest absolute Gasteiger partial charge is 0.516 e. The summed E-state index contributed by atoms with van der Waals surface area (Å²) in [7, 11) is 0. The summed E-state index contributed by atoms with van der Waals surface area (Å²) in [6.45, 7) is 3.80. The van der Waals surface area contributed by atoms with E-state index in [2.05, 4.69) is 6.92 Å². The monoisotopic (exact) mass is 516 g/mol. The van der Waals surface area contributed by atoms with Crippen LogP contribution in [0.4, 0.5) is 4.79 Å². The van der Waals surface area contributed by atoms with Crippen molar-refractivity contribution in [3.8, 4) is 5.75 Å². The van der Waals surface area contributed by atoms with Gasteiger partial charge >= 0.3 is 12.1 Å². The van der Waals surface area contributed by atoms with E-state index in [4.69, 9.17) is 37.4 Å². The molecule has 0 aliphatic heterocycles. The summed E-state index contributed by atoms with van der Waals surface area (Å²) in [5.74, 6) is -0.573. The van der Waals surface area contributed by atoms with Crippen LogP contribution in [0, 0.1) is 5.41 Å². The van der Waals surface area contributed by atoms with Gasteiger partial charge in [-0.25, -0.2) is 9.59 Å². The number of ether oxygens (including phenoxy) is 3. The number of esters is 1. The molecule has 0 N–H and O–H groups in total. The number of hydrogen-bond donors (Lipinski definition) is 0. The second-order valence-electron chi connectivity index (χ2n) is 8.83. The van der Waals surface area contributed by atoms with Gasteiger partial charge in [0, 0.05) is 17.4 Å². The van der Waals surface area contributed by atoms with Crippen molar-refractivity contribution < 1.29 is 28.6 Å². The van der Waals surface area contributed by atoms with E-state index in [1.807, 2.05) is 18.2 Å². The zero-order valence-electron chi connectivity index (χ0n) is 19.6. The minimum atomic E-state index is -1.11. The molecule has 35 heavy (non-hydrogen) atoms. The molecule has 0 aromatic heterocycles. The number of hydrogen-bond acceptors (Lipinski definition) is 6. The number of halogens is 2. The van der Waals surface area contributed by atoms with Gasteiger partial charge in [0.25, 0.3) is 0 Å². The number of carbonyl (C=O) groups is 3. The van der Waals surface area contributed by atoms with Crippen LogP contribution in [0.3, 0.4) is 0 Å². The molecule has 0 radical (unpaired) electrons. The van der Waals surface area contributed by atoms with Crippen molar-refractivity contribution in [1.29, 1.82) is 0 Å². The van der Waals surface area contributed by atoms with Crippen molar-refractivity contribution in [2.75, 3.05) is 0 Å². The first-order chi connectivity index (χ1) is 16.8. The fourth-order valence-corrected chi connectivity index (χ4v) is 5.29. The Morgan fingerprint density at radius 3 is 2.54 bits per heavy atom. The third-order valence-corrected chi connectivity index (χ3v) is 7.59. The zero-order valence-corrected chi connectivity index (χ0v) is 21.1. The molecule has 0 amide bonds. The Labute approximate surface area is 214 Å². The van der Waals surface area contributed by atoms with Crippen molar-refractivity contribution in [2.45, 2.75) is 58.7 Å². The smallest absolute Gasteiger partial charge is 0.477 e. The molecule has 2 aromatic carbocycles. The third kappa shape index (κ3) is 5.09. The van der Waals surface area contributed by atoms with E-state index >= 15 is 0 Å². The molecule has 0 saturated carbocycles. The fraction of sp³-hybridized carbons (Fsp3) is 0.370. The normalized spacial score (nSPS) is 19.3. The molecule has 4 rings (SSSR count). The maximum absolute atomic E-state index is 12.6. The van der Waals surface area contributed by atoms with Crippen LogP contribution >= 0.6 is 23.2 Å². The summed E-state index contributed by atoms with van der Waals surface area (Å²) >= 11 is 13.2. The Kier molecular flexibility index (Phi) is 7.53. The van der Waals surface area contributed by atoms with Gasteiger partial charge in [-0.3, -0.25) is 4.79 Å². The van der Waals surface area contributed by atoms with Crippen LogP contribution in [0.1, 0.15) is 56.2 Å². The van der Waals surface area contributed by atoms with Crippen LogP contribution in [-0.2, 0) is 32.1 Å². The van der Waals surface area contributed by atoms with Gasteiger partial charge in [0.05, 0.1) is 5.02 Å². The fourth-order valence-electron chi connectivity index (χ4n) is 4.78. The number of carbonyl (C=O) groups excluding carboxylic acids is 3. The van der Waals surface area contributed by atoms with E-state index in [-0.39, 0.29) is 35.0 Å². The Bertz CT molecular complexity index is 1190. The predicted octanol–water partition coefficient (Wildman–Crippen LogP) is 6.73. The number of allylic oxidation sites excluding steroid dienone is 2. The van der Waals surface area contributed by atoms with Gasteiger partial charge in [-0.05, 0) is 54.5 Å². The van der Waals surface area contributed by atoms with E-state index in [0.29, 0.717) is 17.9 Å². The van der Waals surface area contributed by atoms with Crippen LogP contribution in [0.2, 0.25) is 10.0 Å². The molecule has 2 atom stereocenters. The second-order valence-corrected chi connectivity index (χ2v) is 9.59. The Morgan fingerprint density at radius 2 is 1.86 bits per heavy atom. The zero-order chi connectivity index (χ0) is 25.2. The van der Waals surface area contributed by atoms with Crippen LogP contribution < -0.4 is 4.74 Å². The Balaban J connectivity index is 1.49. The van der Waals surface area contributed by atoms with Crippen molar-refractivity contribution in [2.24, 2.45) is 5.41 Å². The molecule has 0 fully saturated rings. The highest BCUT2D eigenvalue weighted by molar-refractivity contribution is 6.44. The van der Waals surface area contributed by atoms with E-state index in [0.717, 1.165) is 35.1 Å². The molecular weight excluding hydrogens is 491 g/mol. The predicted molar refractivity (Wildman–Crippen MR) is 133 cm³/mol. The molecular formula is C27H26Cl2O6. The summed E-state index contributed by atoms with van der Waals surface area (Å²) in [5.41, 5.74) is 3.23. The first-order valence-electron chi connectivity index (χ1n) is 11.6. The third-order valence-electron chi connectivity index (χ3n) is 6.74. The molecule has 0 heterocycles. The summed E-state index contributed by atoms with van der Waals surface area (Å²) in [6.07, 6.45) is 2.55. The first-order valence-corrected chi connectivity index (χ1v) is 12.4. The van der Waals surface area contributed by atoms with E-state index < -0.39 is 18.2 Å². The van der Waals surface area contributed by atoms with Crippen LogP contribution in [0.5, 0.6) is 5.75 Å². The SMILES string of the molecule is CCC(Oc1cc2c(c(Cl)c1Cl)C1=CC(=O)CCC1(CC)C2)C(=O)OC(=O)OCc1ccccc1. The van der Waals surface area contributed by atoms with Crippen molar-refractivity contribution in [3.05, 3.63) is 69.2 Å². The lowest BCUT2D eigenvalue weighted by atomic mass is 9.71. The molecule has 2 aromatic rings. The van der Waals surface area contributed by atoms with Gasteiger partial charge in [0.2, 0.25) is 0 Å². The number of rotatable bonds is 7. The van der Waals surface area contributed by atoms with Crippen LogP contribution in [0.25, 0.3) is 5.57 Å². The number of benzene rings is 2. The maximum atomic E-state index is 12.6. The molecule has 0 saturated heterocycles. The van der Waals surface area contributed by atoms with E-state index in [1.54, 1.807) is 31.2 Å². The quantitative estimate of drug-likeness (QED) is 0.299. The van der Waals surface area contributed by atoms with Gasteiger partial charge in [0.1, 0.15) is 17.4 Å². The van der Waals surface area contributed by atoms with Gasteiger partial charge in [-0.1, -0.05) is 67.4 Å². The summed E-state index contributed by atoms with van der Waals surface area (Å²) in [5, 5.41) is 0.440. The van der Waals surface area contributed by atoms with E-state index in [9.17, 15) is 14.4 Å². The molecule has 6 nitrogen and oxygen atoms in total. The molecule has 184 valence electrons. The minimum Gasteiger partial charge on any atom is -0.477 e. The van der Waals surface area contributed by atoms with Crippen molar-refractivity contribution >= 4 is 46.7 Å². The van der Waals surface area contributed by atoms with Crippen LogP contribution in [0.15, 0.2) is 42.5 Å². The minimum absolute atomic E-state index is 0.0195. The molecule has 2 unspecified atom stereocenters. The van der Waals surface area contributed by atoms with Crippen molar-refractivity contribution in [1.82, 2.24) is 0 Å². The van der Waals surface area contributed by atoms with Gasteiger partial charge in [-0.15, -0.1) is 0 Å². The summed E-state index contributed by atoms with van der Waals surface area (Å²) in [6, 6.07) is 10.8. The molecule has 2 aliphatic carbocycles. The lowest BCUT2D eigenvalue weighted by Crippen LogP contribution is -2.31. The summed E-state index contributed by atoms with van der Waals surface area (Å²) in [4.78, 5) is 36.8. The molecule has 8 heteroatoms. The Morgan fingerprint density at radius 1 is 1.11 bits per heavy atom. The number of ketones is 1. The highest BCUT2D eigenvalue weighted by Gasteiger charge is 2.45. The topological polar surface area (TPSA) is 78.9 Å². The summed E-state index contributed by atoms with van der Waals surface area (Å²) < 4.78 is 15.7. The lowest BCUT2D eigenvalue weighted by Gasteiger charge is -2.32. The van der Waals surface area contributed by atoms with Gasteiger partial charge in [-0.2, -0.15) is 0 Å². The average Bonchev–Trinajstić information content (AvgIpc) is 3.18. The first kappa shape index (κ1) is 25.3. The van der Waals surface area contributed by atoms with Crippen molar-refractivity contribution in [3.63, 3.8) is 0 Å². The van der Waals surface area contributed by atoms with E-state index in [1.165, 1.54) is 0 Å². The van der Waals surface area contributed by atoms with Gasteiger partial charge in [0.15, 0.2) is 11.9 Å². The highest BCUT2D eigenvalue weighted by Crippen LogP contribution is 2.57. The molecule has 0 bridgehead atoms. The molecule has 2 aliphatic rings. The standard InChI is InChI=1S/C27H26Cl2O6/c1-3-20(25(31)35-26(32)33-15-16-8-6-5-7-9-16)34-21-12-17-14-27(4-2)11-10-18(30)13-19(27)22(17)24(29)23(21)28/h5-9,12-13,20H,3-4,10-11,14-15H2,1-2H3. The average molecular weight is 517 g/mol. The molecule has 0 spiro atoms. The second kappa shape index (κ2) is 10.4. The Hall–Kier alpha value is -2.83. The maximum Gasteiger partial charge on any atom is 0.516 e. The number of fused-ring (bicyclic) bond motifs is 3. The highest BCUT2D eigenvalue weighted by atomic mass is 35.5. The van der Waals surface area contributed by atoms with Crippen LogP contribution in [-0.4, -0.2) is 24.0 Å². The lowest BCUT2D eigenvalue weighted by molar-refractivity contribution is -0.148.